The fourth-order valence-electron chi connectivity index (χ4n) is 1.58. The van der Waals surface area contributed by atoms with Crippen molar-refractivity contribution in [2.45, 2.75) is 0 Å². The topological polar surface area (TPSA) is 33.1 Å². The zero-order chi connectivity index (χ0) is 11.7. The molecular formula is C13H9NOS2. The fraction of sp³-hybridized carbons (Fsp3) is 0. The average molecular weight is 259 g/mol. The van der Waals surface area contributed by atoms with Gasteiger partial charge < -0.3 is 5.11 Å². The second-order valence-electron chi connectivity index (χ2n) is 3.57. The van der Waals surface area contributed by atoms with E-state index in [1.54, 1.807) is 34.8 Å². The lowest BCUT2D eigenvalue weighted by Gasteiger charge is -1.96. The van der Waals surface area contributed by atoms with Crippen molar-refractivity contribution in [2.75, 3.05) is 0 Å². The molecule has 2 aromatic heterocycles. The maximum atomic E-state index is 9.44. The molecule has 84 valence electrons. The Kier molecular flexibility index (Phi) is 2.66. The highest BCUT2D eigenvalue weighted by molar-refractivity contribution is 7.15. The van der Waals surface area contributed by atoms with Gasteiger partial charge in [0, 0.05) is 10.9 Å². The lowest BCUT2D eigenvalue weighted by atomic mass is 10.2. The highest BCUT2D eigenvalue weighted by atomic mass is 32.1. The molecule has 1 aromatic carbocycles. The fourth-order valence-corrected chi connectivity index (χ4v) is 3.16. The number of benzene rings is 1. The smallest absolute Gasteiger partial charge is 0.124 e. The lowest BCUT2D eigenvalue weighted by Crippen LogP contribution is -1.76. The van der Waals surface area contributed by atoms with Crippen LogP contribution in [0, 0.1) is 0 Å². The third-order valence-electron chi connectivity index (χ3n) is 2.37. The van der Waals surface area contributed by atoms with Crippen molar-refractivity contribution in [3.8, 4) is 26.9 Å². The molecule has 0 bridgehead atoms. The van der Waals surface area contributed by atoms with Crippen molar-refractivity contribution in [2.24, 2.45) is 0 Å². The summed E-state index contributed by atoms with van der Waals surface area (Å²) in [6, 6.07) is 11.3. The van der Waals surface area contributed by atoms with Gasteiger partial charge in [0.2, 0.25) is 0 Å². The van der Waals surface area contributed by atoms with Crippen LogP contribution in [0.2, 0.25) is 0 Å². The summed E-state index contributed by atoms with van der Waals surface area (Å²) in [6.07, 6.45) is 0. The number of nitrogens with zero attached hydrogens (tertiary/aromatic N) is 1. The van der Waals surface area contributed by atoms with E-state index in [1.165, 1.54) is 4.88 Å². The Balaban J connectivity index is 2.01. The number of hydrogen-bond donors (Lipinski definition) is 1. The van der Waals surface area contributed by atoms with Gasteiger partial charge in [-0.25, -0.2) is 4.98 Å². The first-order chi connectivity index (χ1) is 8.33. The summed E-state index contributed by atoms with van der Waals surface area (Å²) in [6.45, 7) is 0. The van der Waals surface area contributed by atoms with Crippen LogP contribution in [0.5, 0.6) is 5.75 Å². The van der Waals surface area contributed by atoms with Gasteiger partial charge in [-0.1, -0.05) is 18.2 Å². The van der Waals surface area contributed by atoms with Crippen LogP contribution >= 0.6 is 22.7 Å². The first-order valence-corrected chi connectivity index (χ1v) is 6.88. The Hall–Kier alpha value is -1.65. The number of aromatic nitrogens is 1. The first kappa shape index (κ1) is 10.5. The highest BCUT2D eigenvalue weighted by Crippen LogP contribution is 2.31. The van der Waals surface area contributed by atoms with E-state index < -0.39 is 0 Å². The molecule has 17 heavy (non-hydrogen) atoms. The van der Waals surface area contributed by atoms with Crippen molar-refractivity contribution >= 4 is 22.7 Å². The Morgan fingerprint density at radius 2 is 2.00 bits per heavy atom. The zero-order valence-corrected chi connectivity index (χ0v) is 10.5. The van der Waals surface area contributed by atoms with Crippen molar-refractivity contribution in [3.05, 3.63) is 47.2 Å². The quantitative estimate of drug-likeness (QED) is 0.746. The second kappa shape index (κ2) is 4.31. The molecule has 0 aliphatic heterocycles. The summed E-state index contributed by atoms with van der Waals surface area (Å²) in [5.74, 6) is 0.273. The Bertz CT molecular complexity index is 628. The van der Waals surface area contributed by atoms with E-state index in [0.717, 1.165) is 16.3 Å². The zero-order valence-electron chi connectivity index (χ0n) is 8.83. The van der Waals surface area contributed by atoms with Crippen molar-refractivity contribution in [1.29, 1.82) is 0 Å². The lowest BCUT2D eigenvalue weighted by molar-refractivity contribution is 0.475. The van der Waals surface area contributed by atoms with Crippen LogP contribution in [-0.2, 0) is 0 Å². The van der Waals surface area contributed by atoms with Gasteiger partial charge in [-0.05, 0) is 23.6 Å². The molecule has 0 saturated carbocycles. The van der Waals surface area contributed by atoms with Gasteiger partial charge in [0.25, 0.3) is 0 Å². The maximum Gasteiger partial charge on any atom is 0.124 e. The summed E-state index contributed by atoms with van der Waals surface area (Å²) in [7, 11) is 0. The number of phenols is 1. The summed E-state index contributed by atoms with van der Waals surface area (Å²) < 4.78 is 0. The number of rotatable bonds is 2. The van der Waals surface area contributed by atoms with Crippen LogP contribution < -0.4 is 0 Å². The van der Waals surface area contributed by atoms with Crippen LogP contribution in [0.15, 0.2) is 47.2 Å². The SMILES string of the molecule is Oc1cccc(-c2nc(-c3cccs3)cs2)c1. The molecule has 0 aliphatic rings. The van der Waals surface area contributed by atoms with E-state index in [-0.39, 0.29) is 5.75 Å². The van der Waals surface area contributed by atoms with E-state index >= 15 is 0 Å². The minimum atomic E-state index is 0.273. The number of thiophene rings is 1. The predicted octanol–water partition coefficient (Wildman–Crippen LogP) is 4.24. The normalized spacial score (nSPS) is 10.6. The Morgan fingerprint density at radius 1 is 1.06 bits per heavy atom. The molecular weight excluding hydrogens is 250 g/mol. The van der Waals surface area contributed by atoms with Crippen LogP contribution in [0.1, 0.15) is 0 Å². The molecule has 0 atom stereocenters. The van der Waals surface area contributed by atoms with E-state index in [0.29, 0.717) is 0 Å². The number of thiazole rings is 1. The predicted molar refractivity (Wildman–Crippen MR) is 72.5 cm³/mol. The molecule has 2 nitrogen and oxygen atoms in total. The standard InChI is InChI=1S/C13H9NOS2/c15-10-4-1-3-9(7-10)13-14-11(8-17-13)12-5-2-6-16-12/h1-8,15H. The molecule has 0 radical (unpaired) electrons. The number of hydrogen-bond acceptors (Lipinski definition) is 4. The van der Waals surface area contributed by atoms with Crippen molar-refractivity contribution in [1.82, 2.24) is 4.98 Å². The van der Waals surface area contributed by atoms with Gasteiger partial charge in [-0.2, -0.15) is 0 Å². The monoisotopic (exact) mass is 259 g/mol. The molecule has 2 heterocycles. The highest BCUT2D eigenvalue weighted by Gasteiger charge is 2.07. The minimum Gasteiger partial charge on any atom is -0.508 e. The second-order valence-corrected chi connectivity index (χ2v) is 5.37. The third-order valence-corrected chi connectivity index (χ3v) is 4.15. The van der Waals surface area contributed by atoms with E-state index in [9.17, 15) is 5.11 Å². The van der Waals surface area contributed by atoms with Gasteiger partial charge in [-0.15, -0.1) is 22.7 Å². The van der Waals surface area contributed by atoms with E-state index in [2.05, 4.69) is 11.1 Å². The molecule has 1 N–H and O–H groups in total. The average Bonchev–Trinajstić information content (AvgIpc) is 3.00. The van der Waals surface area contributed by atoms with E-state index in [4.69, 9.17) is 0 Å². The molecule has 0 spiro atoms. The van der Waals surface area contributed by atoms with Crippen molar-refractivity contribution < 1.29 is 5.11 Å². The molecule has 0 aliphatic carbocycles. The molecule has 3 rings (SSSR count). The summed E-state index contributed by atoms with van der Waals surface area (Å²) in [5.41, 5.74) is 1.96. The Morgan fingerprint density at radius 3 is 2.76 bits per heavy atom. The number of aromatic hydroxyl groups is 1. The molecule has 4 heteroatoms. The van der Waals surface area contributed by atoms with Crippen molar-refractivity contribution in [3.63, 3.8) is 0 Å². The summed E-state index contributed by atoms with van der Waals surface area (Å²) >= 11 is 3.28. The minimum absolute atomic E-state index is 0.273. The van der Waals surface area contributed by atoms with E-state index in [1.807, 2.05) is 29.0 Å². The molecule has 3 aromatic rings. The summed E-state index contributed by atoms with van der Waals surface area (Å²) in [5, 5.41) is 14.5. The first-order valence-electron chi connectivity index (χ1n) is 5.12. The van der Waals surface area contributed by atoms with Gasteiger partial charge in [-0.3, -0.25) is 0 Å². The third kappa shape index (κ3) is 2.09. The van der Waals surface area contributed by atoms with Crippen LogP contribution in [0.3, 0.4) is 0 Å². The van der Waals surface area contributed by atoms with Crippen LogP contribution in [0.25, 0.3) is 21.1 Å². The maximum absolute atomic E-state index is 9.44. The summed E-state index contributed by atoms with van der Waals surface area (Å²) in [4.78, 5) is 5.76. The van der Waals surface area contributed by atoms with Gasteiger partial charge in [0.05, 0.1) is 10.6 Å². The Labute approximate surface area is 107 Å². The largest absolute Gasteiger partial charge is 0.508 e. The van der Waals surface area contributed by atoms with Crippen LogP contribution in [-0.4, -0.2) is 10.1 Å². The van der Waals surface area contributed by atoms with Gasteiger partial charge in [0.1, 0.15) is 10.8 Å². The molecule has 0 unspecified atom stereocenters. The molecule has 0 fully saturated rings. The number of phenolic OH excluding ortho intramolecular Hbond substituents is 1. The van der Waals surface area contributed by atoms with Gasteiger partial charge >= 0.3 is 0 Å². The van der Waals surface area contributed by atoms with Gasteiger partial charge in [0.15, 0.2) is 0 Å². The molecule has 0 saturated heterocycles. The molecule has 0 amide bonds. The van der Waals surface area contributed by atoms with Crippen LogP contribution in [0.4, 0.5) is 0 Å².